The molecule has 0 aliphatic heterocycles. The molecule has 0 saturated carbocycles. The molecule has 0 saturated heterocycles. The molecule has 1 atom stereocenters. The van der Waals surface area contributed by atoms with Crippen molar-refractivity contribution in [1.82, 2.24) is 4.90 Å². The second-order valence-electron chi connectivity index (χ2n) is 3.63. The molecule has 0 rings (SSSR count). The number of carbonyl (C=O) groups is 1. The standard InChI is InChI=1S/C9H19NO2/c1-7(2)5-9(12)10(4)8(3)6-11/h7-8,11H,5-6H2,1-4H3. The van der Waals surface area contributed by atoms with Crippen LogP contribution in [-0.4, -0.2) is 35.6 Å². The Bertz CT molecular complexity index is 145. The van der Waals surface area contributed by atoms with Crippen LogP contribution < -0.4 is 0 Å². The Labute approximate surface area is 74.4 Å². The van der Waals surface area contributed by atoms with E-state index in [-0.39, 0.29) is 18.6 Å². The van der Waals surface area contributed by atoms with E-state index in [0.29, 0.717) is 12.3 Å². The van der Waals surface area contributed by atoms with Crippen molar-refractivity contribution in [2.75, 3.05) is 13.7 Å². The lowest BCUT2D eigenvalue weighted by Gasteiger charge is -2.23. The number of likely N-dealkylation sites (N-methyl/N-ethyl adjacent to an activating group) is 1. The van der Waals surface area contributed by atoms with E-state index in [1.54, 1.807) is 11.9 Å². The van der Waals surface area contributed by atoms with E-state index in [9.17, 15) is 4.79 Å². The Morgan fingerprint density at radius 2 is 1.92 bits per heavy atom. The van der Waals surface area contributed by atoms with Gasteiger partial charge in [-0.1, -0.05) is 13.8 Å². The molecular weight excluding hydrogens is 154 g/mol. The number of rotatable bonds is 4. The lowest BCUT2D eigenvalue weighted by Crippen LogP contribution is -2.37. The van der Waals surface area contributed by atoms with Crippen LogP contribution in [0.15, 0.2) is 0 Å². The van der Waals surface area contributed by atoms with Crippen LogP contribution in [0.3, 0.4) is 0 Å². The number of amides is 1. The highest BCUT2D eigenvalue weighted by molar-refractivity contribution is 5.76. The van der Waals surface area contributed by atoms with Crippen LogP contribution >= 0.6 is 0 Å². The van der Waals surface area contributed by atoms with Gasteiger partial charge in [-0.3, -0.25) is 4.79 Å². The number of hydrogen-bond donors (Lipinski definition) is 1. The van der Waals surface area contributed by atoms with Gasteiger partial charge in [0, 0.05) is 13.5 Å². The minimum atomic E-state index is -0.0729. The molecule has 1 amide bonds. The van der Waals surface area contributed by atoms with Gasteiger partial charge in [-0.15, -0.1) is 0 Å². The summed E-state index contributed by atoms with van der Waals surface area (Å²) in [4.78, 5) is 13.0. The van der Waals surface area contributed by atoms with Crippen LogP contribution in [0.25, 0.3) is 0 Å². The maximum absolute atomic E-state index is 11.4. The maximum Gasteiger partial charge on any atom is 0.222 e. The third kappa shape index (κ3) is 3.72. The first-order valence-corrected chi connectivity index (χ1v) is 4.35. The highest BCUT2D eigenvalue weighted by atomic mass is 16.3. The van der Waals surface area contributed by atoms with Crippen molar-refractivity contribution in [3.63, 3.8) is 0 Å². The third-order valence-electron chi connectivity index (χ3n) is 1.90. The fraction of sp³-hybridized carbons (Fsp3) is 0.889. The van der Waals surface area contributed by atoms with Crippen molar-refractivity contribution >= 4 is 5.91 Å². The summed E-state index contributed by atoms with van der Waals surface area (Å²) in [7, 11) is 1.73. The van der Waals surface area contributed by atoms with Gasteiger partial charge in [0.05, 0.1) is 12.6 Å². The quantitative estimate of drug-likeness (QED) is 0.685. The summed E-state index contributed by atoms with van der Waals surface area (Å²) >= 11 is 0. The van der Waals surface area contributed by atoms with Gasteiger partial charge in [-0.05, 0) is 12.8 Å². The third-order valence-corrected chi connectivity index (χ3v) is 1.90. The number of nitrogens with zero attached hydrogens (tertiary/aromatic N) is 1. The molecule has 0 aromatic heterocycles. The highest BCUT2D eigenvalue weighted by Gasteiger charge is 2.15. The van der Waals surface area contributed by atoms with Gasteiger partial charge < -0.3 is 10.0 Å². The van der Waals surface area contributed by atoms with Crippen LogP contribution in [0.4, 0.5) is 0 Å². The summed E-state index contributed by atoms with van der Waals surface area (Å²) in [6.07, 6.45) is 0.556. The summed E-state index contributed by atoms with van der Waals surface area (Å²) in [6.45, 7) is 5.88. The zero-order valence-corrected chi connectivity index (χ0v) is 8.37. The van der Waals surface area contributed by atoms with Gasteiger partial charge in [-0.25, -0.2) is 0 Å². The summed E-state index contributed by atoms with van der Waals surface area (Å²) in [5, 5.41) is 8.79. The first kappa shape index (κ1) is 11.4. The molecule has 0 spiro atoms. The van der Waals surface area contributed by atoms with Gasteiger partial charge in [0.25, 0.3) is 0 Å². The average molecular weight is 173 g/mol. The first-order chi connectivity index (χ1) is 5.49. The van der Waals surface area contributed by atoms with Gasteiger partial charge in [0.2, 0.25) is 5.91 Å². The predicted molar refractivity (Wildman–Crippen MR) is 48.8 cm³/mol. The molecule has 1 N–H and O–H groups in total. The number of hydrogen-bond acceptors (Lipinski definition) is 2. The second-order valence-corrected chi connectivity index (χ2v) is 3.63. The minimum Gasteiger partial charge on any atom is -0.394 e. The normalized spacial score (nSPS) is 13.2. The summed E-state index contributed by atoms with van der Waals surface area (Å²) in [6, 6.07) is -0.0729. The van der Waals surface area contributed by atoms with Gasteiger partial charge in [0.1, 0.15) is 0 Å². The van der Waals surface area contributed by atoms with Crippen molar-refractivity contribution in [2.45, 2.75) is 33.2 Å². The van der Waals surface area contributed by atoms with Crippen molar-refractivity contribution < 1.29 is 9.90 Å². The molecule has 0 radical (unpaired) electrons. The van der Waals surface area contributed by atoms with Crippen LogP contribution in [0.5, 0.6) is 0 Å². The molecule has 0 aliphatic carbocycles. The molecule has 0 fully saturated rings. The van der Waals surface area contributed by atoms with Gasteiger partial charge in [0.15, 0.2) is 0 Å². The summed E-state index contributed by atoms with van der Waals surface area (Å²) in [5.74, 6) is 0.484. The lowest BCUT2D eigenvalue weighted by atomic mass is 10.1. The molecule has 72 valence electrons. The molecule has 3 nitrogen and oxygen atoms in total. The van der Waals surface area contributed by atoms with E-state index in [2.05, 4.69) is 0 Å². The Hall–Kier alpha value is -0.570. The maximum atomic E-state index is 11.4. The molecule has 12 heavy (non-hydrogen) atoms. The van der Waals surface area contributed by atoms with Crippen molar-refractivity contribution in [1.29, 1.82) is 0 Å². The number of carbonyl (C=O) groups excluding carboxylic acids is 1. The molecule has 0 bridgehead atoms. The molecule has 3 heteroatoms. The fourth-order valence-electron chi connectivity index (χ4n) is 0.862. The smallest absolute Gasteiger partial charge is 0.222 e. The van der Waals surface area contributed by atoms with E-state index in [4.69, 9.17) is 5.11 Å². The van der Waals surface area contributed by atoms with Crippen LogP contribution in [0.1, 0.15) is 27.2 Å². The Morgan fingerprint density at radius 3 is 2.25 bits per heavy atom. The topological polar surface area (TPSA) is 40.5 Å². The van der Waals surface area contributed by atoms with E-state index < -0.39 is 0 Å². The van der Waals surface area contributed by atoms with E-state index in [1.807, 2.05) is 20.8 Å². The molecule has 0 aromatic carbocycles. The molecule has 0 aromatic rings. The van der Waals surface area contributed by atoms with Crippen LogP contribution in [0, 0.1) is 5.92 Å². The van der Waals surface area contributed by atoms with Gasteiger partial charge >= 0.3 is 0 Å². The first-order valence-electron chi connectivity index (χ1n) is 4.35. The molecule has 0 heterocycles. The molecule has 1 unspecified atom stereocenters. The van der Waals surface area contributed by atoms with Crippen molar-refractivity contribution in [2.24, 2.45) is 5.92 Å². The number of aliphatic hydroxyl groups is 1. The average Bonchev–Trinajstić information content (AvgIpc) is 2.00. The molecular formula is C9H19NO2. The van der Waals surface area contributed by atoms with Gasteiger partial charge in [-0.2, -0.15) is 0 Å². The SMILES string of the molecule is CC(C)CC(=O)N(C)C(C)CO. The molecule has 0 aliphatic rings. The minimum absolute atomic E-state index is 0.0281. The number of aliphatic hydroxyl groups excluding tert-OH is 1. The predicted octanol–water partition coefficient (Wildman–Crippen LogP) is 0.872. The largest absolute Gasteiger partial charge is 0.394 e. The Morgan fingerprint density at radius 1 is 1.42 bits per heavy atom. The van der Waals surface area contributed by atoms with Crippen LogP contribution in [-0.2, 0) is 4.79 Å². The summed E-state index contributed by atoms with van der Waals surface area (Å²) in [5.41, 5.74) is 0. The van der Waals surface area contributed by atoms with E-state index in [1.165, 1.54) is 0 Å². The van der Waals surface area contributed by atoms with Crippen molar-refractivity contribution in [3.8, 4) is 0 Å². The van der Waals surface area contributed by atoms with E-state index >= 15 is 0 Å². The zero-order valence-electron chi connectivity index (χ0n) is 8.37. The highest BCUT2D eigenvalue weighted by Crippen LogP contribution is 2.05. The lowest BCUT2D eigenvalue weighted by molar-refractivity contribution is -0.133. The fourth-order valence-corrected chi connectivity index (χ4v) is 0.862. The second kappa shape index (κ2) is 5.14. The van der Waals surface area contributed by atoms with E-state index in [0.717, 1.165) is 0 Å². The Kier molecular flexibility index (Phi) is 4.90. The monoisotopic (exact) mass is 173 g/mol. The van der Waals surface area contributed by atoms with Crippen molar-refractivity contribution in [3.05, 3.63) is 0 Å². The Balaban J connectivity index is 3.92. The zero-order chi connectivity index (χ0) is 9.72. The summed E-state index contributed by atoms with van der Waals surface area (Å²) < 4.78 is 0. The van der Waals surface area contributed by atoms with Crippen LogP contribution in [0.2, 0.25) is 0 Å².